The van der Waals surface area contributed by atoms with Crippen LogP contribution >= 0.6 is 0 Å². The zero-order chi connectivity index (χ0) is 14.1. The Hall–Kier alpha value is -1.81. The van der Waals surface area contributed by atoms with Gasteiger partial charge in [0, 0.05) is 25.6 Å². The molecule has 1 N–H and O–H groups in total. The molecule has 3 rings (SSSR count). The van der Waals surface area contributed by atoms with Gasteiger partial charge >= 0.3 is 0 Å². The van der Waals surface area contributed by atoms with Crippen LogP contribution in [0.25, 0.3) is 10.9 Å². The Morgan fingerprint density at radius 1 is 1.50 bits per heavy atom. The van der Waals surface area contributed by atoms with Crippen LogP contribution < -0.4 is 5.32 Å². The smallest absolute Gasteiger partial charge is 0.268 e. The number of para-hydroxylation sites is 1. The second kappa shape index (κ2) is 5.29. The number of rotatable bonds is 3. The fraction of sp³-hybridized carbons (Fsp3) is 0.438. The molecule has 0 saturated carbocycles. The van der Waals surface area contributed by atoms with Gasteiger partial charge < -0.3 is 14.6 Å². The average molecular weight is 272 g/mol. The van der Waals surface area contributed by atoms with Gasteiger partial charge in [-0.25, -0.2) is 0 Å². The summed E-state index contributed by atoms with van der Waals surface area (Å²) in [6.45, 7) is 3.48. The van der Waals surface area contributed by atoms with Crippen LogP contribution in [0.5, 0.6) is 0 Å². The molecule has 0 radical (unpaired) electrons. The van der Waals surface area contributed by atoms with E-state index >= 15 is 0 Å². The highest BCUT2D eigenvalue weighted by Crippen LogP contribution is 2.22. The molecule has 2 aromatic rings. The summed E-state index contributed by atoms with van der Waals surface area (Å²) in [4.78, 5) is 12.3. The number of nitrogens with one attached hydrogen (secondary N) is 1. The van der Waals surface area contributed by atoms with E-state index in [1.165, 1.54) is 5.56 Å². The number of ether oxygens (including phenoxy) is 1. The largest absolute Gasteiger partial charge is 0.376 e. The number of fused-ring (bicyclic) bond motifs is 1. The summed E-state index contributed by atoms with van der Waals surface area (Å²) in [6.07, 6.45) is 2.30. The van der Waals surface area contributed by atoms with Gasteiger partial charge in [-0.2, -0.15) is 0 Å². The van der Waals surface area contributed by atoms with Crippen molar-refractivity contribution in [1.82, 2.24) is 9.88 Å². The number of carbonyl (C=O) groups is 1. The number of amides is 1. The summed E-state index contributed by atoms with van der Waals surface area (Å²) in [5.74, 6) is -0.0291. The molecule has 20 heavy (non-hydrogen) atoms. The number of hydrogen-bond acceptors (Lipinski definition) is 2. The summed E-state index contributed by atoms with van der Waals surface area (Å²) in [5, 5.41) is 4.08. The molecule has 1 saturated heterocycles. The summed E-state index contributed by atoms with van der Waals surface area (Å²) in [7, 11) is 1.94. The molecule has 1 aliphatic rings. The van der Waals surface area contributed by atoms with E-state index in [4.69, 9.17) is 4.74 Å². The minimum Gasteiger partial charge on any atom is -0.376 e. The SMILES string of the molecule is Cc1cccc2cc(C(=O)NCC3CCCO3)n(C)c12. The van der Waals surface area contributed by atoms with E-state index in [-0.39, 0.29) is 12.0 Å². The van der Waals surface area contributed by atoms with Crippen molar-refractivity contribution in [3.63, 3.8) is 0 Å². The lowest BCUT2D eigenvalue weighted by molar-refractivity contribution is 0.0851. The molecule has 2 heterocycles. The Balaban J connectivity index is 1.80. The fourth-order valence-electron chi connectivity index (χ4n) is 2.94. The lowest BCUT2D eigenvalue weighted by Crippen LogP contribution is -2.32. The van der Waals surface area contributed by atoms with Crippen molar-refractivity contribution >= 4 is 16.8 Å². The Labute approximate surface area is 118 Å². The van der Waals surface area contributed by atoms with E-state index in [0.717, 1.165) is 30.4 Å². The molecule has 1 aromatic carbocycles. The van der Waals surface area contributed by atoms with Crippen LogP contribution in [-0.4, -0.2) is 29.7 Å². The van der Waals surface area contributed by atoms with Crippen LogP contribution in [0.1, 0.15) is 28.9 Å². The number of hydrogen-bond donors (Lipinski definition) is 1. The number of benzene rings is 1. The molecule has 0 spiro atoms. The Morgan fingerprint density at radius 2 is 2.35 bits per heavy atom. The molecule has 0 bridgehead atoms. The van der Waals surface area contributed by atoms with Gasteiger partial charge in [0.15, 0.2) is 0 Å². The van der Waals surface area contributed by atoms with Crippen molar-refractivity contribution in [2.75, 3.05) is 13.2 Å². The van der Waals surface area contributed by atoms with Gasteiger partial charge in [0.25, 0.3) is 5.91 Å². The predicted octanol–water partition coefficient (Wildman–Crippen LogP) is 2.40. The maximum Gasteiger partial charge on any atom is 0.268 e. The Kier molecular flexibility index (Phi) is 3.49. The maximum atomic E-state index is 12.3. The van der Waals surface area contributed by atoms with E-state index < -0.39 is 0 Å². The van der Waals surface area contributed by atoms with Crippen LogP contribution in [0.3, 0.4) is 0 Å². The van der Waals surface area contributed by atoms with Crippen LogP contribution in [0, 0.1) is 6.92 Å². The highest BCUT2D eigenvalue weighted by molar-refractivity contribution is 5.99. The van der Waals surface area contributed by atoms with Crippen molar-refractivity contribution in [3.05, 3.63) is 35.5 Å². The monoisotopic (exact) mass is 272 g/mol. The molecule has 106 valence electrons. The minimum absolute atomic E-state index is 0.0291. The van der Waals surface area contributed by atoms with E-state index in [0.29, 0.717) is 12.2 Å². The molecular formula is C16H20N2O2. The van der Waals surface area contributed by atoms with Crippen LogP contribution in [-0.2, 0) is 11.8 Å². The van der Waals surface area contributed by atoms with Crippen molar-refractivity contribution < 1.29 is 9.53 Å². The minimum atomic E-state index is -0.0291. The average Bonchev–Trinajstić information content (AvgIpc) is 3.05. The first-order chi connectivity index (χ1) is 9.66. The molecular weight excluding hydrogens is 252 g/mol. The quantitative estimate of drug-likeness (QED) is 0.932. The lowest BCUT2D eigenvalue weighted by Gasteiger charge is -2.11. The third-order valence-corrected chi connectivity index (χ3v) is 4.00. The molecule has 1 unspecified atom stereocenters. The molecule has 4 heteroatoms. The molecule has 1 atom stereocenters. The van der Waals surface area contributed by atoms with Gasteiger partial charge in [-0.3, -0.25) is 4.79 Å². The molecule has 0 aliphatic carbocycles. The molecule has 1 fully saturated rings. The van der Waals surface area contributed by atoms with E-state index in [1.54, 1.807) is 0 Å². The normalized spacial score (nSPS) is 18.6. The van der Waals surface area contributed by atoms with Crippen LogP contribution in [0.15, 0.2) is 24.3 Å². The lowest BCUT2D eigenvalue weighted by atomic mass is 10.2. The first kappa shape index (κ1) is 13.2. The molecule has 1 amide bonds. The highest BCUT2D eigenvalue weighted by atomic mass is 16.5. The second-order valence-electron chi connectivity index (χ2n) is 5.45. The van der Waals surface area contributed by atoms with Crippen molar-refractivity contribution in [1.29, 1.82) is 0 Å². The first-order valence-electron chi connectivity index (χ1n) is 7.11. The van der Waals surface area contributed by atoms with Crippen LogP contribution in [0.4, 0.5) is 0 Å². The zero-order valence-electron chi connectivity index (χ0n) is 12.0. The summed E-state index contributed by atoms with van der Waals surface area (Å²) < 4.78 is 7.49. The third-order valence-electron chi connectivity index (χ3n) is 4.00. The number of carbonyl (C=O) groups excluding carboxylic acids is 1. The maximum absolute atomic E-state index is 12.3. The predicted molar refractivity (Wildman–Crippen MR) is 79.0 cm³/mol. The first-order valence-corrected chi connectivity index (χ1v) is 7.11. The van der Waals surface area contributed by atoms with Gasteiger partial charge in [0.2, 0.25) is 0 Å². The second-order valence-corrected chi connectivity index (χ2v) is 5.45. The number of aromatic nitrogens is 1. The zero-order valence-corrected chi connectivity index (χ0v) is 12.0. The number of aryl methyl sites for hydroxylation is 2. The summed E-state index contributed by atoms with van der Waals surface area (Å²) >= 11 is 0. The Bertz CT molecular complexity index is 639. The van der Waals surface area contributed by atoms with Gasteiger partial charge in [0.05, 0.1) is 11.6 Å². The Morgan fingerprint density at radius 3 is 3.05 bits per heavy atom. The summed E-state index contributed by atoms with van der Waals surface area (Å²) in [5.41, 5.74) is 3.00. The van der Waals surface area contributed by atoms with Gasteiger partial charge in [-0.1, -0.05) is 18.2 Å². The molecule has 1 aromatic heterocycles. The van der Waals surface area contributed by atoms with Gasteiger partial charge in [-0.05, 0) is 31.4 Å². The summed E-state index contributed by atoms with van der Waals surface area (Å²) in [6, 6.07) is 8.08. The van der Waals surface area contributed by atoms with E-state index in [1.807, 2.05) is 29.8 Å². The topological polar surface area (TPSA) is 43.3 Å². The van der Waals surface area contributed by atoms with Crippen molar-refractivity contribution in [3.8, 4) is 0 Å². The highest BCUT2D eigenvalue weighted by Gasteiger charge is 2.18. The number of nitrogens with zero attached hydrogens (tertiary/aromatic N) is 1. The standard InChI is InChI=1S/C16H20N2O2/c1-11-5-3-6-12-9-14(18(2)15(11)12)16(19)17-10-13-7-4-8-20-13/h3,5-6,9,13H,4,7-8,10H2,1-2H3,(H,17,19). The molecule has 1 aliphatic heterocycles. The van der Waals surface area contributed by atoms with Crippen molar-refractivity contribution in [2.45, 2.75) is 25.9 Å². The van der Waals surface area contributed by atoms with Crippen molar-refractivity contribution in [2.24, 2.45) is 7.05 Å². The fourth-order valence-corrected chi connectivity index (χ4v) is 2.94. The third kappa shape index (κ3) is 2.31. The van der Waals surface area contributed by atoms with Crippen LogP contribution in [0.2, 0.25) is 0 Å². The van der Waals surface area contributed by atoms with E-state index in [2.05, 4.69) is 18.3 Å². The molecule has 4 nitrogen and oxygen atoms in total. The van der Waals surface area contributed by atoms with Gasteiger partial charge in [0.1, 0.15) is 5.69 Å². The van der Waals surface area contributed by atoms with E-state index in [9.17, 15) is 4.79 Å². The van der Waals surface area contributed by atoms with Gasteiger partial charge in [-0.15, -0.1) is 0 Å².